The Morgan fingerprint density at radius 3 is 2.38 bits per heavy atom. The molecule has 0 aliphatic heterocycles. The number of rotatable bonds is 6. The van der Waals surface area contributed by atoms with Gasteiger partial charge in [-0.05, 0) is 23.1 Å². The number of carbonyl (C=O) groups is 2. The van der Waals surface area contributed by atoms with Crippen molar-refractivity contribution in [3.63, 3.8) is 0 Å². The van der Waals surface area contributed by atoms with Crippen LogP contribution in [0.15, 0.2) is 30.3 Å². The van der Waals surface area contributed by atoms with Gasteiger partial charge in [0.05, 0.1) is 13.7 Å². The summed E-state index contributed by atoms with van der Waals surface area (Å²) in [5.41, 5.74) is 2.11. The van der Waals surface area contributed by atoms with E-state index in [2.05, 4.69) is 23.9 Å². The topological polar surface area (TPSA) is 75.6 Å². The van der Waals surface area contributed by atoms with Crippen molar-refractivity contribution in [2.75, 3.05) is 13.7 Å². The lowest BCUT2D eigenvalue weighted by molar-refractivity contribution is -0.145. The first-order valence-corrected chi connectivity index (χ1v) is 6.75. The van der Waals surface area contributed by atoms with Crippen LogP contribution >= 0.6 is 0 Å². The van der Waals surface area contributed by atoms with Crippen molar-refractivity contribution in [2.45, 2.75) is 25.8 Å². The third-order valence-corrected chi connectivity index (χ3v) is 3.02. The van der Waals surface area contributed by atoms with E-state index in [0.717, 1.165) is 5.56 Å². The predicted octanol–water partition coefficient (Wildman–Crippen LogP) is 1.47. The van der Waals surface area contributed by atoms with E-state index >= 15 is 0 Å². The molecule has 1 aromatic carbocycles. The van der Waals surface area contributed by atoms with Crippen molar-refractivity contribution in [1.82, 2.24) is 5.32 Å². The summed E-state index contributed by atoms with van der Waals surface area (Å²) in [5.74, 6) is -0.690. The SMILES string of the molecule is COC(=O)C(CO)NC(=O)/C=C/c1ccc(C(C)C)cc1. The van der Waals surface area contributed by atoms with Crippen LogP contribution in [0.3, 0.4) is 0 Å². The Kier molecular flexibility index (Phi) is 6.62. The molecule has 0 bridgehead atoms. The van der Waals surface area contributed by atoms with E-state index in [1.807, 2.05) is 24.3 Å². The second-order valence-electron chi connectivity index (χ2n) is 4.92. The van der Waals surface area contributed by atoms with Gasteiger partial charge in [-0.25, -0.2) is 4.79 Å². The van der Waals surface area contributed by atoms with E-state index < -0.39 is 24.5 Å². The molecule has 0 aromatic heterocycles. The zero-order chi connectivity index (χ0) is 15.8. The zero-order valence-electron chi connectivity index (χ0n) is 12.5. The Bertz CT molecular complexity index is 506. The molecule has 1 rings (SSSR count). The van der Waals surface area contributed by atoms with Crippen LogP contribution in [0.4, 0.5) is 0 Å². The molecular weight excluding hydrogens is 270 g/mol. The summed E-state index contributed by atoms with van der Waals surface area (Å²) in [5, 5.41) is 11.4. The second-order valence-corrected chi connectivity index (χ2v) is 4.92. The molecule has 0 saturated carbocycles. The standard InChI is InChI=1S/C16H21NO4/c1-11(2)13-7-4-12(5-8-13)6-9-15(19)17-14(10-18)16(20)21-3/h4-9,11,14,18H,10H2,1-3H3,(H,17,19)/b9-6+. The van der Waals surface area contributed by atoms with Crippen molar-refractivity contribution in [2.24, 2.45) is 0 Å². The van der Waals surface area contributed by atoms with Crippen LogP contribution in [-0.2, 0) is 14.3 Å². The molecule has 114 valence electrons. The number of ether oxygens (including phenoxy) is 1. The number of methoxy groups -OCH3 is 1. The van der Waals surface area contributed by atoms with Crippen LogP contribution < -0.4 is 5.32 Å². The summed E-state index contributed by atoms with van der Waals surface area (Å²) < 4.78 is 4.46. The fourth-order valence-electron chi connectivity index (χ4n) is 1.71. The summed E-state index contributed by atoms with van der Waals surface area (Å²) in [6.45, 7) is 3.72. The monoisotopic (exact) mass is 291 g/mol. The van der Waals surface area contributed by atoms with Gasteiger partial charge in [0.25, 0.3) is 0 Å². The number of hydrogen-bond donors (Lipinski definition) is 2. The minimum absolute atomic E-state index is 0.455. The average molecular weight is 291 g/mol. The van der Waals surface area contributed by atoms with Gasteiger partial charge in [-0.15, -0.1) is 0 Å². The maximum atomic E-state index is 11.7. The predicted molar refractivity (Wildman–Crippen MR) is 80.6 cm³/mol. The van der Waals surface area contributed by atoms with Crippen molar-refractivity contribution >= 4 is 18.0 Å². The Hall–Kier alpha value is -2.14. The van der Waals surface area contributed by atoms with Crippen molar-refractivity contribution in [1.29, 1.82) is 0 Å². The Morgan fingerprint density at radius 1 is 1.29 bits per heavy atom. The average Bonchev–Trinajstić information content (AvgIpc) is 2.50. The number of benzene rings is 1. The highest BCUT2D eigenvalue weighted by Gasteiger charge is 2.18. The molecule has 0 radical (unpaired) electrons. The van der Waals surface area contributed by atoms with Gasteiger partial charge in [0.1, 0.15) is 0 Å². The number of carbonyl (C=O) groups excluding carboxylic acids is 2. The van der Waals surface area contributed by atoms with Gasteiger partial charge in [-0.1, -0.05) is 38.1 Å². The summed E-state index contributed by atoms with van der Waals surface area (Å²) in [7, 11) is 1.20. The minimum Gasteiger partial charge on any atom is -0.467 e. The third-order valence-electron chi connectivity index (χ3n) is 3.02. The largest absolute Gasteiger partial charge is 0.467 e. The lowest BCUT2D eigenvalue weighted by atomic mass is 10.0. The van der Waals surface area contributed by atoms with E-state index in [4.69, 9.17) is 5.11 Å². The Labute approximate surface area is 124 Å². The first-order valence-electron chi connectivity index (χ1n) is 6.75. The molecule has 1 amide bonds. The van der Waals surface area contributed by atoms with Crippen LogP contribution in [0.25, 0.3) is 6.08 Å². The third kappa shape index (κ3) is 5.39. The van der Waals surface area contributed by atoms with Crippen LogP contribution in [-0.4, -0.2) is 36.7 Å². The molecule has 0 heterocycles. The molecule has 2 N–H and O–H groups in total. The van der Waals surface area contributed by atoms with Crippen molar-refractivity contribution in [3.8, 4) is 0 Å². The van der Waals surface area contributed by atoms with Gasteiger partial charge in [0, 0.05) is 6.08 Å². The molecule has 0 saturated heterocycles. The highest BCUT2D eigenvalue weighted by Crippen LogP contribution is 2.15. The second kappa shape index (κ2) is 8.21. The molecule has 0 aliphatic rings. The van der Waals surface area contributed by atoms with E-state index in [1.54, 1.807) is 6.08 Å². The molecule has 1 atom stereocenters. The number of aliphatic hydroxyl groups excluding tert-OH is 1. The quantitative estimate of drug-likeness (QED) is 0.615. The van der Waals surface area contributed by atoms with Gasteiger partial charge in [-0.2, -0.15) is 0 Å². The number of amides is 1. The van der Waals surface area contributed by atoms with E-state index in [1.165, 1.54) is 18.7 Å². The summed E-state index contributed by atoms with van der Waals surface area (Å²) in [4.78, 5) is 22.9. The molecule has 0 aliphatic carbocycles. The molecule has 5 heteroatoms. The summed E-state index contributed by atoms with van der Waals surface area (Å²) in [6.07, 6.45) is 2.96. The van der Waals surface area contributed by atoms with Crippen molar-refractivity contribution in [3.05, 3.63) is 41.5 Å². The van der Waals surface area contributed by atoms with Crippen LogP contribution in [0.2, 0.25) is 0 Å². The molecule has 1 unspecified atom stereocenters. The molecule has 0 fully saturated rings. The minimum atomic E-state index is -1.05. The lowest BCUT2D eigenvalue weighted by Gasteiger charge is -2.12. The van der Waals surface area contributed by atoms with E-state index in [9.17, 15) is 9.59 Å². The molecular formula is C16H21NO4. The van der Waals surface area contributed by atoms with Crippen LogP contribution in [0, 0.1) is 0 Å². The van der Waals surface area contributed by atoms with Gasteiger partial charge in [0.2, 0.25) is 5.91 Å². The van der Waals surface area contributed by atoms with Gasteiger partial charge >= 0.3 is 5.97 Å². The van der Waals surface area contributed by atoms with Crippen LogP contribution in [0.5, 0.6) is 0 Å². The lowest BCUT2D eigenvalue weighted by Crippen LogP contribution is -2.43. The Balaban J connectivity index is 2.63. The van der Waals surface area contributed by atoms with Crippen molar-refractivity contribution < 1.29 is 19.4 Å². The Morgan fingerprint density at radius 2 is 1.90 bits per heavy atom. The number of esters is 1. The molecule has 21 heavy (non-hydrogen) atoms. The van der Waals surface area contributed by atoms with Gasteiger partial charge < -0.3 is 15.2 Å². The fourth-order valence-corrected chi connectivity index (χ4v) is 1.71. The van der Waals surface area contributed by atoms with Gasteiger partial charge in [-0.3, -0.25) is 4.79 Å². The summed E-state index contributed by atoms with van der Waals surface area (Å²) >= 11 is 0. The maximum Gasteiger partial charge on any atom is 0.330 e. The number of nitrogens with one attached hydrogen (secondary N) is 1. The first kappa shape index (κ1) is 16.9. The smallest absolute Gasteiger partial charge is 0.330 e. The normalized spacial score (nSPS) is 12.4. The number of hydrogen-bond acceptors (Lipinski definition) is 4. The zero-order valence-corrected chi connectivity index (χ0v) is 12.5. The van der Waals surface area contributed by atoms with E-state index in [0.29, 0.717) is 5.92 Å². The summed E-state index contributed by atoms with van der Waals surface area (Å²) in [6, 6.07) is 6.81. The highest BCUT2D eigenvalue weighted by molar-refractivity contribution is 5.94. The fraction of sp³-hybridized carbons (Fsp3) is 0.375. The molecule has 1 aromatic rings. The molecule has 5 nitrogen and oxygen atoms in total. The van der Waals surface area contributed by atoms with E-state index in [-0.39, 0.29) is 0 Å². The number of aliphatic hydroxyl groups is 1. The highest BCUT2D eigenvalue weighted by atomic mass is 16.5. The molecule has 0 spiro atoms. The maximum absolute atomic E-state index is 11.7. The first-order chi connectivity index (χ1) is 9.97. The van der Waals surface area contributed by atoms with Gasteiger partial charge in [0.15, 0.2) is 6.04 Å². The van der Waals surface area contributed by atoms with Crippen LogP contribution in [0.1, 0.15) is 30.9 Å².